The first-order valence-corrected chi connectivity index (χ1v) is 4.31. The normalized spacial score (nSPS) is 10.0. The molecule has 4 nitrogen and oxygen atoms in total. The van der Waals surface area contributed by atoms with Gasteiger partial charge in [0.05, 0.1) is 7.11 Å². The fraction of sp³-hybridized carbons (Fsp3) is 0.300. The van der Waals surface area contributed by atoms with Crippen molar-refractivity contribution in [3.63, 3.8) is 0 Å². The second-order valence-electron chi connectivity index (χ2n) is 3.02. The molecule has 0 saturated heterocycles. The number of rotatable bonds is 4. The Morgan fingerprint density at radius 2 is 2.20 bits per heavy atom. The van der Waals surface area contributed by atoms with Crippen molar-refractivity contribution in [1.82, 2.24) is 0 Å². The summed E-state index contributed by atoms with van der Waals surface area (Å²) in [6, 6.07) is 2.57. The average Bonchev–Trinajstić information content (AvgIpc) is 2.19. The van der Waals surface area contributed by atoms with Crippen LogP contribution in [0.4, 0.5) is 4.39 Å². The van der Waals surface area contributed by atoms with Gasteiger partial charge in [0.25, 0.3) is 0 Å². The summed E-state index contributed by atoms with van der Waals surface area (Å²) in [6.45, 7) is 0. The van der Waals surface area contributed by atoms with Crippen LogP contribution in [0.5, 0.6) is 11.5 Å². The van der Waals surface area contributed by atoms with Crippen molar-refractivity contribution in [3.05, 3.63) is 23.5 Å². The highest BCUT2D eigenvalue weighted by Gasteiger charge is 2.11. The Hall–Kier alpha value is -1.78. The average molecular weight is 214 g/mol. The van der Waals surface area contributed by atoms with Crippen LogP contribution in [0, 0.1) is 5.82 Å². The molecule has 0 spiro atoms. The van der Waals surface area contributed by atoms with Crippen LogP contribution in [0.25, 0.3) is 0 Å². The summed E-state index contributed by atoms with van der Waals surface area (Å²) in [5.41, 5.74) is 0.521. The maximum absolute atomic E-state index is 13.1. The van der Waals surface area contributed by atoms with Crippen molar-refractivity contribution in [2.45, 2.75) is 12.8 Å². The number of methoxy groups -OCH3 is 1. The minimum absolute atomic E-state index is 0.0752. The van der Waals surface area contributed by atoms with E-state index in [1.165, 1.54) is 19.2 Å². The van der Waals surface area contributed by atoms with Crippen molar-refractivity contribution in [2.75, 3.05) is 7.11 Å². The number of ether oxygens (including phenoxy) is 1. The van der Waals surface area contributed by atoms with E-state index in [9.17, 15) is 14.3 Å². The van der Waals surface area contributed by atoms with Gasteiger partial charge in [-0.2, -0.15) is 4.39 Å². The molecule has 0 aliphatic heterocycles. The van der Waals surface area contributed by atoms with E-state index in [4.69, 9.17) is 9.84 Å². The number of aliphatic carboxylic acids is 1. The fourth-order valence-corrected chi connectivity index (χ4v) is 1.18. The van der Waals surface area contributed by atoms with Crippen molar-refractivity contribution < 1.29 is 24.1 Å². The Morgan fingerprint density at radius 1 is 1.53 bits per heavy atom. The predicted octanol–water partition coefficient (Wildman–Crippen LogP) is 1.56. The summed E-state index contributed by atoms with van der Waals surface area (Å²) in [5.74, 6) is -2.40. The van der Waals surface area contributed by atoms with Crippen LogP contribution in [-0.4, -0.2) is 23.3 Å². The number of phenolic OH excluding ortho intramolecular Hbond substituents is 1. The van der Waals surface area contributed by atoms with Gasteiger partial charge >= 0.3 is 5.97 Å². The molecule has 0 bridgehead atoms. The smallest absolute Gasteiger partial charge is 0.303 e. The molecule has 0 radical (unpaired) electrons. The van der Waals surface area contributed by atoms with E-state index in [1.807, 2.05) is 0 Å². The Kier molecular flexibility index (Phi) is 3.49. The third-order valence-electron chi connectivity index (χ3n) is 1.93. The van der Waals surface area contributed by atoms with E-state index in [0.29, 0.717) is 5.56 Å². The van der Waals surface area contributed by atoms with Crippen LogP contribution in [0.2, 0.25) is 0 Å². The van der Waals surface area contributed by atoms with Gasteiger partial charge in [-0.3, -0.25) is 4.79 Å². The van der Waals surface area contributed by atoms with Gasteiger partial charge in [-0.25, -0.2) is 0 Å². The zero-order valence-electron chi connectivity index (χ0n) is 8.16. The van der Waals surface area contributed by atoms with Gasteiger partial charge < -0.3 is 14.9 Å². The Bertz CT molecular complexity index is 376. The summed E-state index contributed by atoms with van der Waals surface area (Å²) >= 11 is 0. The number of aromatic hydroxyl groups is 1. The number of carboxylic acids is 1. The monoisotopic (exact) mass is 214 g/mol. The van der Waals surface area contributed by atoms with Gasteiger partial charge in [0.2, 0.25) is 5.82 Å². The lowest BCUT2D eigenvalue weighted by Crippen LogP contribution is -1.98. The lowest BCUT2D eigenvalue weighted by atomic mass is 10.1. The third kappa shape index (κ3) is 2.83. The highest BCUT2D eigenvalue weighted by molar-refractivity contribution is 5.67. The van der Waals surface area contributed by atoms with Crippen molar-refractivity contribution >= 4 is 5.97 Å². The SMILES string of the molecule is COc1cc(CCC(=O)O)cc(O)c1F. The molecule has 0 fully saturated rings. The van der Waals surface area contributed by atoms with Crippen molar-refractivity contribution in [2.24, 2.45) is 0 Å². The second-order valence-corrected chi connectivity index (χ2v) is 3.02. The number of hydrogen-bond acceptors (Lipinski definition) is 3. The first-order chi connectivity index (χ1) is 7.04. The number of hydrogen-bond donors (Lipinski definition) is 2. The first kappa shape index (κ1) is 11.3. The van der Waals surface area contributed by atoms with Gasteiger partial charge in [0.15, 0.2) is 11.5 Å². The molecule has 2 N–H and O–H groups in total. The molecule has 0 aliphatic carbocycles. The van der Waals surface area contributed by atoms with Gasteiger partial charge in [-0.15, -0.1) is 0 Å². The summed E-state index contributed by atoms with van der Waals surface area (Å²) in [5, 5.41) is 17.6. The third-order valence-corrected chi connectivity index (χ3v) is 1.93. The minimum atomic E-state index is -0.946. The molecule has 0 unspecified atom stereocenters. The molecule has 0 atom stereocenters. The maximum Gasteiger partial charge on any atom is 0.303 e. The summed E-state index contributed by atoms with van der Waals surface area (Å²) in [7, 11) is 1.28. The van der Waals surface area contributed by atoms with E-state index >= 15 is 0 Å². The van der Waals surface area contributed by atoms with E-state index in [2.05, 4.69) is 0 Å². The molecular weight excluding hydrogens is 203 g/mol. The Labute approximate surface area is 85.9 Å². The maximum atomic E-state index is 13.1. The number of benzene rings is 1. The van der Waals surface area contributed by atoms with E-state index in [0.717, 1.165) is 0 Å². The molecule has 5 heteroatoms. The van der Waals surface area contributed by atoms with Crippen LogP contribution >= 0.6 is 0 Å². The van der Waals surface area contributed by atoms with Crippen LogP contribution in [-0.2, 0) is 11.2 Å². The van der Waals surface area contributed by atoms with Crippen molar-refractivity contribution in [3.8, 4) is 11.5 Å². The topological polar surface area (TPSA) is 66.8 Å². The molecule has 0 heterocycles. The summed E-state index contributed by atoms with van der Waals surface area (Å²) < 4.78 is 17.8. The zero-order valence-corrected chi connectivity index (χ0v) is 8.16. The molecule has 1 aromatic rings. The standard InChI is InChI=1S/C10H11FO4/c1-15-8-5-6(2-3-9(13)14)4-7(12)10(8)11/h4-5,12H,2-3H2,1H3,(H,13,14). The number of carboxylic acid groups (broad SMARTS) is 1. The van der Waals surface area contributed by atoms with Crippen molar-refractivity contribution in [1.29, 1.82) is 0 Å². The number of halogens is 1. The van der Waals surface area contributed by atoms with Gasteiger partial charge in [0, 0.05) is 6.42 Å². The lowest BCUT2D eigenvalue weighted by Gasteiger charge is -2.06. The van der Waals surface area contributed by atoms with Gasteiger partial charge in [-0.05, 0) is 24.1 Å². The molecule has 82 valence electrons. The molecule has 0 amide bonds. The number of phenols is 1. The largest absolute Gasteiger partial charge is 0.505 e. The molecule has 0 saturated carbocycles. The molecule has 15 heavy (non-hydrogen) atoms. The van der Waals surface area contributed by atoms with E-state index < -0.39 is 17.5 Å². The Balaban J connectivity index is 2.90. The summed E-state index contributed by atoms with van der Waals surface area (Å²) in [6.07, 6.45) is 0.147. The number of aryl methyl sites for hydroxylation is 1. The molecular formula is C10H11FO4. The lowest BCUT2D eigenvalue weighted by molar-refractivity contribution is -0.136. The van der Waals surface area contributed by atoms with Crippen LogP contribution in [0.1, 0.15) is 12.0 Å². The quantitative estimate of drug-likeness (QED) is 0.798. The van der Waals surface area contributed by atoms with Crippen LogP contribution in [0.3, 0.4) is 0 Å². The zero-order chi connectivity index (χ0) is 11.4. The van der Waals surface area contributed by atoms with Gasteiger partial charge in [-0.1, -0.05) is 0 Å². The number of carbonyl (C=O) groups is 1. The second kappa shape index (κ2) is 4.63. The van der Waals surface area contributed by atoms with Crippen LogP contribution < -0.4 is 4.74 Å². The van der Waals surface area contributed by atoms with E-state index in [-0.39, 0.29) is 18.6 Å². The van der Waals surface area contributed by atoms with Crippen LogP contribution in [0.15, 0.2) is 12.1 Å². The Morgan fingerprint density at radius 3 is 2.73 bits per heavy atom. The minimum Gasteiger partial charge on any atom is -0.505 e. The van der Waals surface area contributed by atoms with Gasteiger partial charge in [0.1, 0.15) is 0 Å². The molecule has 0 aromatic heterocycles. The molecule has 1 rings (SSSR count). The predicted molar refractivity (Wildman–Crippen MR) is 50.6 cm³/mol. The summed E-state index contributed by atoms with van der Waals surface area (Å²) in [4.78, 5) is 10.3. The van der Waals surface area contributed by atoms with E-state index in [1.54, 1.807) is 0 Å². The first-order valence-electron chi connectivity index (χ1n) is 4.31. The highest BCUT2D eigenvalue weighted by atomic mass is 19.1. The molecule has 1 aromatic carbocycles. The molecule has 0 aliphatic rings. The highest BCUT2D eigenvalue weighted by Crippen LogP contribution is 2.27. The fourth-order valence-electron chi connectivity index (χ4n) is 1.18.